The molecule has 0 aliphatic carbocycles. The number of hydrogen-bond acceptors (Lipinski definition) is 3. The molecule has 25 heavy (non-hydrogen) atoms. The molecule has 6 nitrogen and oxygen atoms in total. The summed E-state index contributed by atoms with van der Waals surface area (Å²) in [6, 6.07) is 0.649. The molecule has 0 saturated carbocycles. The maximum absolute atomic E-state index is 14.2. The van der Waals surface area contributed by atoms with Crippen LogP contribution in [0.2, 0.25) is 0 Å². The lowest BCUT2D eigenvalue weighted by atomic mass is 10.1. The number of H-pyrrole nitrogens is 1. The number of rotatable bonds is 3. The first-order valence-electron chi connectivity index (χ1n) is 7.21. The smallest absolute Gasteiger partial charge is 0.339 e. The van der Waals surface area contributed by atoms with Gasteiger partial charge in [-0.3, -0.25) is 14.6 Å². The van der Waals surface area contributed by atoms with Crippen LogP contribution >= 0.6 is 0 Å². The predicted octanol–water partition coefficient (Wildman–Crippen LogP) is 2.78. The Balaban J connectivity index is 2.02. The summed E-state index contributed by atoms with van der Waals surface area (Å²) < 4.78 is 53.6. The number of benzene rings is 1. The van der Waals surface area contributed by atoms with E-state index in [0.29, 0.717) is 11.1 Å². The van der Waals surface area contributed by atoms with Crippen molar-refractivity contribution >= 4 is 16.8 Å². The van der Waals surface area contributed by atoms with E-state index in [1.165, 1.54) is 23.0 Å². The predicted molar refractivity (Wildman–Crippen MR) is 81.2 cm³/mol. The highest BCUT2D eigenvalue weighted by Crippen LogP contribution is 2.28. The molecule has 2 heterocycles. The first-order valence-corrected chi connectivity index (χ1v) is 7.21. The van der Waals surface area contributed by atoms with Crippen molar-refractivity contribution in [2.45, 2.75) is 19.1 Å². The van der Waals surface area contributed by atoms with Gasteiger partial charge in [0.1, 0.15) is 17.3 Å². The number of carbonyl (C=O) groups excluding carboxylic acids is 1. The van der Waals surface area contributed by atoms with Crippen molar-refractivity contribution in [1.82, 2.24) is 25.3 Å². The fourth-order valence-electron chi connectivity index (χ4n) is 2.34. The molecule has 10 heteroatoms. The molecule has 2 N–H and O–H groups in total. The molecule has 0 unspecified atom stereocenters. The average molecular weight is 355 g/mol. The lowest BCUT2D eigenvalue weighted by Crippen LogP contribution is -2.43. The molecule has 0 bridgehead atoms. The number of hydrogen-bond donors (Lipinski definition) is 2. The standard InChI is InChI=1S/C15H13F4N5O/c1-7(15(17,18)19)21-14(25)13-10-3-8(9-5-20-24(2)6-9)4-11(16)12(10)22-23-13/h3-7H,1-2H3,(H,21,25)(H,22,23)/t7-/m0/s1. The summed E-state index contributed by atoms with van der Waals surface area (Å²) in [5.41, 5.74) is 0.658. The number of aromatic amines is 1. The van der Waals surface area contributed by atoms with E-state index in [2.05, 4.69) is 15.3 Å². The molecule has 1 aromatic carbocycles. The van der Waals surface area contributed by atoms with E-state index in [-0.39, 0.29) is 16.6 Å². The third kappa shape index (κ3) is 3.19. The van der Waals surface area contributed by atoms with Crippen LogP contribution in [0, 0.1) is 5.82 Å². The van der Waals surface area contributed by atoms with Crippen molar-refractivity contribution < 1.29 is 22.4 Å². The number of nitrogens with zero attached hydrogens (tertiary/aromatic N) is 3. The molecule has 0 aliphatic heterocycles. The van der Waals surface area contributed by atoms with Crippen LogP contribution in [0.5, 0.6) is 0 Å². The van der Waals surface area contributed by atoms with Gasteiger partial charge in [0.05, 0.1) is 6.20 Å². The molecule has 2 aromatic heterocycles. The number of alkyl halides is 3. The number of halogens is 4. The van der Waals surface area contributed by atoms with E-state index in [1.54, 1.807) is 13.2 Å². The Labute approximate surface area is 138 Å². The topological polar surface area (TPSA) is 75.6 Å². The van der Waals surface area contributed by atoms with E-state index in [4.69, 9.17) is 0 Å². The zero-order valence-corrected chi connectivity index (χ0v) is 13.1. The van der Waals surface area contributed by atoms with Gasteiger partial charge in [-0.15, -0.1) is 0 Å². The summed E-state index contributed by atoms with van der Waals surface area (Å²) in [6.45, 7) is 0.818. The second-order valence-electron chi connectivity index (χ2n) is 5.59. The molecular weight excluding hydrogens is 342 g/mol. The molecular formula is C15H13F4N5O. The molecule has 0 radical (unpaired) electrons. The number of nitrogens with one attached hydrogen (secondary N) is 2. The average Bonchev–Trinajstić information content (AvgIpc) is 3.12. The van der Waals surface area contributed by atoms with Crippen LogP contribution in [-0.4, -0.2) is 38.1 Å². The van der Waals surface area contributed by atoms with Crippen LogP contribution in [0.25, 0.3) is 22.0 Å². The van der Waals surface area contributed by atoms with Gasteiger partial charge in [-0.25, -0.2) is 4.39 Å². The SMILES string of the molecule is C[C@H](NC(=O)c1[nH]nc2c(F)cc(-c3cnn(C)c3)cc12)C(F)(F)F. The summed E-state index contributed by atoms with van der Waals surface area (Å²) in [6.07, 6.45) is -1.43. The van der Waals surface area contributed by atoms with Crippen LogP contribution < -0.4 is 5.32 Å². The van der Waals surface area contributed by atoms with Gasteiger partial charge in [-0.2, -0.15) is 23.4 Å². The second kappa shape index (κ2) is 5.87. The van der Waals surface area contributed by atoms with Crippen molar-refractivity contribution in [3.63, 3.8) is 0 Å². The van der Waals surface area contributed by atoms with Crippen LogP contribution in [0.15, 0.2) is 24.5 Å². The molecule has 0 aliphatic rings. The first-order chi connectivity index (χ1) is 11.7. The number of aryl methyl sites for hydroxylation is 1. The van der Waals surface area contributed by atoms with Gasteiger partial charge in [0, 0.05) is 24.2 Å². The van der Waals surface area contributed by atoms with E-state index in [0.717, 1.165) is 6.92 Å². The Kier molecular flexibility index (Phi) is 3.97. The van der Waals surface area contributed by atoms with Crippen LogP contribution in [0.3, 0.4) is 0 Å². The second-order valence-corrected chi connectivity index (χ2v) is 5.59. The Morgan fingerprint density at radius 3 is 2.64 bits per heavy atom. The highest BCUT2D eigenvalue weighted by Gasteiger charge is 2.37. The van der Waals surface area contributed by atoms with Gasteiger partial charge in [0.25, 0.3) is 5.91 Å². The van der Waals surface area contributed by atoms with Crippen molar-refractivity contribution in [3.05, 3.63) is 36.0 Å². The van der Waals surface area contributed by atoms with Crippen molar-refractivity contribution in [1.29, 1.82) is 0 Å². The quantitative estimate of drug-likeness (QED) is 0.710. The van der Waals surface area contributed by atoms with E-state index < -0.39 is 23.9 Å². The largest absolute Gasteiger partial charge is 0.408 e. The normalized spacial score (nSPS) is 13.2. The summed E-state index contributed by atoms with van der Waals surface area (Å²) in [4.78, 5) is 12.1. The number of carbonyl (C=O) groups is 1. The summed E-state index contributed by atoms with van der Waals surface area (Å²) in [5, 5.41) is 11.9. The van der Waals surface area contributed by atoms with Gasteiger partial charge in [0.2, 0.25) is 0 Å². The zero-order valence-electron chi connectivity index (χ0n) is 13.1. The minimum atomic E-state index is -4.59. The number of fused-ring (bicyclic) bond motifs is 1. The van der Waals surface area contributed by atoms with Crippen molar-refractivity contribution in [3.8, 4) is 11.1 Å². The third-order valence-electron chi connectivity index (χ3n) is 3.72. The van der Waals surface area contributed by atoms with Gasteiger partial charge in [-0.05, 0) is 24.6 Å². The van der Waals surface area contributed by atoms with E-state index in [1.807, 2.05) is 5.32 Å². The van der Waals surface area contributed by atoms with Crippen molar-refractivity contribution in [2.75, 3.05) is 0 Å². The number of amides is 1. The van der Waals surface area contributed by atoms with E-state index >= 15 is 0 Å². The Bertz CT molecular complexity index is 943. The summed E-state index contributed by atoms with van der Waals surface area (Å²) >= 11 is 0. The van der Waals surface area contributed by atoms with Gasteiger partial charge < -0.3 is 5.32 Å². The first kappa shape index (κ1) is 16.9. The van der Waals surface area contributed by atoms with Crippen LogP contribution in [0.4, 0.5) is 17.6 Å². The minimum Gasteiger partial charge on any atom is -0.339 e. The third-order valence-corrected chi connectivity index (χ3v) is 3.72. The van der Waals surface area contributed by atoms with Crippen LogP contribution in [-0.2, 0) is 7.05 Å². The maximum atomic E-state index is 14.2. The summed E-state index contributed by atoms with van der Waals surface area (Å²) in [5.74, 6) is -1.72. The van der Waals surface area contributed by atoms with Gasteiger partial charge in [-0.1, -0.05) is 0 Å². The van der Waals surface area contributed by atoms with Crippen LogP contribution in [0.1, 0.15) is 17.4 Å². The lowest BCUT2D eigenvalue weighted by Gasteiger charge is -2.16. The Morgan fingerprint density at radius 1 is 1.32 bits per heavy atom. The van der Waals surface area contributed by atoms with Crippen molar-refractivity contribution in [2.24, 2.45) is 7.05 Å². The Hall–Kier alpha value is -2.91. The molecule has 0 saturated heterocycles. The van der Waals surface area contributed by atoms with Gasteiger partial charge >= 0.3 is 6.18 Å². The molecule has 3 aromatic rings. The lowest BCUT2D eigenvalue weighted by molar-refractivity contribution is -0.149. The fraction of sp³-hybridized carbons (Fsp3) is 0.267. The fourth-order valence-corrected chi connectivity index (χ4v) is 2.34. The molecule has 0 fully saturated rings. The monoisotopic (exact) mass is 355 g/mol. The molecule has 3 rings (SSSR count). The highest BCUT2D eigenvalue weighted by molar-refractivity contribution is 6.05. The highest BCUT2D eigenvalue weighted by atomic mass is 19.4. The number of aromatic nitrogens is 4. The summed E-state index contributed by atoms with van der Waals surface area (Å²) in [7, 11) is 1.69. The molecule has 132 valence electrons. The maximum Gasteiger partial charge on any atom is 0.408 e. The van der Waals surface area contributed by atoms with E-state index in [9.17, 15) is 22.4 Å². The molecule has 0 spiro atoms. The van der Waals surface area contributed by atoms with Gasteiger partial charge in [0.15, 0.2) is 5.82 Å². The molecule has 1 atom stereocenters. The Morgan fingerprint density at radius 2 is 2.04 bits per heavy atom. The minimum absolute atomic E-state index is 0.0886. The zero-order chi connectivity index (χ0) is 18.4. The molecule has 1 amide bonds.